The quantitative estimate of drug-likeness (QED) is 0.813. The van der Waals surface area contributed by atoms with Crippen LogP contribution < -0.4 is 14.8 Å². The minimum absolute atomic E-state index is 0.298. The van der Waals surface area contributed by atoms with Crippen LogP contribution in [0, 0.1) is 6.92 Å². The van der Waals surface area contributed by atoms with Gasteiger partial charge in [-0.05, 0) is 38.4 Å². The zero-order valence-electron chi connectivity index (χ0n) is 12.6. The summed E-state index contributed by atoms with van der Waals surface area (Å²) >= 11 is 0. The minimum atomic E-state index is -3.54. The minimum Gasteiger partial charge on any atom is -0.495 e. The number of nitrogens with zero attached hydrogens (tertiary/aromatic N) is 1. The molecule has 1 aromatic rings. The van der Waals surface area contributed by atoms with Crippen molar-refractivity contribution < 1.29 is 13.2 Å². The molecular formula is C14H21N3O3S. The lowest BCUT2D eigenvalue weighted by Gasteiger charge is -2.45. The van der Waals surface area contributed by atoms with Crippen LogP contribution in [-0.2, 0) is 10.0 Å². The van der Waals surface area contributed by atoms with Gasteiger partial charge in [-0.25, -0.2) is 8.42 Å². The van der Waals surface area contributed by atoms with E-state index in [4.69, 9.17) is 4.74 Å². The van der Waals surface area contributed by atoms with Crippen LogP contribution in [0.1, 0.15) is 18.4 Å². The van der Waals surface area contributed by atoms with Gasteiger partial charge >= 0.3 is 0 Å². The van der Waals surface area contributed by atoms with Gasteiger partial charge in [-0.2, -0.15) is 4.72 Å². The van der Waals surface area contributed by atoms with E-state index in [1.54, 1.807) is 20.1 Å². The average molecular weight is 311 g/mol. The number of rotatable bonds is 1. The third kappa shape index (κ3) is 2.39. The first-order valence-corrected chi connectivity index (χ1v) is 8.53. The van der Waals surface area contributed by atoms with E-state index in [-0.39, 0.29) is 0 Å². The normalized spacial score (nSPS) is 23.4. The van der Waals surface area contributed by atoms with Gasteiger partial charge in [0.25, 0.3) is 0 Å². The highest BCUT2D eigenvalue weighted by atomic mass is 32.2. The Balaban J connectivity index is 2.11. The van der Waals surface area contributed by atoms with Gasteiger partial charge in [0.15, 0.2) is 0 Å². The zero-order chi connectivity index (χ0) is 15.3. The molecule has 3 rings (SSSR count). The van der Waals surface area contributed by atoms with E-state index in [0.29, 0.717) is 21.9 Å². The Kier molecular flexibility index (Phi) is 3.38. The highest BCUT2D eigenvalue weighted by Gasteiger charge is 2.44. The van der Waals surface area contributed by atoms with Crippen LogP contribution in [0.3, 0.4) is 0 Å². The zero-order valence-corrected chi connectivity index (χ0v) is 13.4. The molecule has 7 heteroatoms. The molecule has 1 fully saturated rings. The maximum atomic E-state index is 12.7. The molecule has 0 aliphatic carbocycles. The van der Waals surface area contributed by atoms with Gasteiger partial charge in [0, 0.05) is 13.1 Å². The van der Waals surface area contributed by atoms with Crippen molar-refractivity contribution >= 4 is 15.7 Å². The van der Waals surface area contributed by atoms with E-state index in [1.807, 2.05) is 13.1 Å². The lowest BCUT2D eigenvalue weighted by Crippen LogP contribution is -2.61. The molecule has 2 N–H and O–H groups in total. The lowest BCUT2D eigenvalue weighted by molar-refractivity contribution is 0.194. The van der Waals surface area contributed by atoms with Crippen LogP contribution in [0.5, 0.6) is 5.75 Å². The first-order chi connectivity index (χ1) is 9.87. The number of benzene rings is 1. The smallest absolute Gasteiger partial charge is 0.244 e. The van der Waals surface area contributed by atoms with Gasteiger partial charge in [0.2, 0.25) is 10.0 Å². The molecule has 0 unspecified atom stereocenters. The number of methoxy groups -OCH3 is 1. The molecule has 116 valence electrons. The van der Waals surface area contributed by atoms with Gasteiger partial charge in [0.05, 0.1) is 12.8 Å². The number of aryl methyl sites for hydroxylation is 1. The van der Waals surface area contributed by atoms with Crippen molar-refractivity contribution in [2.75, 3.05) is 32.6 Å². The molecule has 0 saturated carbocycles. The van der Waals surface area contributed by atoms with Gasteiger partial charge < -0.3 is 15.0 Å². The summed E-state index contributed by atoms with van der Waals surface area (Å²) in [6.07, 6.45) is 1.44. The highest BCUT2D eigenvalue weighted by molar-refractivity contribution is 7.89. The molecule has 6 nitrogen and oxygen atoms in total. The number of likely N-dealkylation sites (tertiary alicyclic amines) is 1. The van der Waals surface area contributed by atoms with Crippen LogP contribution in [0.4, 0.5) is 5.69 Å². The summed E-state index contributed by atoms with van der Waals surface area (Å²) in [5.41, 5.74) is 0.689. The second kappa shape index (κ2) is 4.86. The fourth-order valence-electron chi connectivity index (χ4n) is 3.10. The molecule has 1 spiro atoms. The van der Waals surface area contributed by atoms with E-state index >= 15 is 0 Å². The summed E-state index contributed by atoms with van der Waals surface area (Å²) in [4.78, 5) is 2.50. The molecule has 0 amide bonds. The predicted molar refractivity (Wildman–Crippen MR) is 81.1 cm³/mol. The standard InChI is InChI=1S/C14H21N3O3S/c1-10-4-5-11(20-3)12-13(10)21(18,19)16-14(15-12)6-8-17(2)9-7-14/h4-5,15-16H,6-9H2,1-3H3. The predicted octanol–water partition coefficient (Wildman–Crippen LogP) is 1.13. The fraction of sp³-hybridized carbons (Fsp3) is 0.571. The molecule has 1 saturated heterocycles. The molecule has 0 aromatic heterocycles. The molecule has 0 atom stereocenters. The van der Waals surface area contributed by atoms with Gasteiger partial charge in [-0.1, -0.05) is 6.07 Å². The largest absolute Gasteiger partial charge is 0.495 e. The highest BCUT2D eigenvalue weighted by Crippen LogP contribution is 2.41. The first-order valence-electron chi connectivity index (χ1n) is 7.05. The van der Waals surface area contributed by atoms with E-state index in [1.165, 1.54) is 0 Å². The van der Waals surface area contributed by atoms with Gasteiger partial charge in [-0.3, -0.25) is 0 Å². The van der Waals surface area contributed by atoms with Crippen molar-refractivity contribution in [1.29, 1.82) is 0 Å². The maximum Gasteiger partial charge on any atom is 0.244 e. The summed E-state index contributed by atoms with van der Waals surface area (Å²) in [6.45, 7) is 3.49. The number of piperidine rings is 1. The Labute approximate surface area is 125 Å². The Morgan fingerprint density at radius 2 is 1.95 bits per heavy atom. The third-order valence-electron chi connectivity index (χ3n) is 4.34. The summed E-state index contributed by atoms with van der Waals surface area (Å²) < 4.78 is 33.6. The summed E-state index contributed by atoms with van der Waals surface area (Å²) in [5, 5.41) is 3.41. The number of hydrogen-bond donors (Lipinski definition) is 2. The molecular weight excluding hydrogens is 290 g/mol. The second-order valence-corrected chi connectivity index (χ2v) is 7.52. The third-order valence-corrected chi connectivity index (χ3v) is 6.06. The Bertz CT molecular complexity index is 664. The number of nitrogens with one attached hydrogen (secondary N) is 2. The van der Waals surface area contributed by atoms with E-state index in [0.717, 1.165) is 25.9 Å². The molecule has 1 aromatic carbocycles. The van der Waals surface area contributed by atoms with E-state index in [9.17, 15) is 8.42 Å². The van der Waals surface area contributed by atoms with Crippen molar-refractivity contribution in [3.8, 4) is 5.75 Å². The number of anilines is 1. The molecule has 2 aliphatic rings. The first kappa shape index (κ1) is 14.6. The van der Waals surface area contributed by atoms with Gasteiger partial charge in [0.1, 0.15) is 16.3 Å². The van der Waals surface area contributed by atoms with Crippen LogP contribution in [0.25, 0.3) is 0 Å². The Hall–Kier alpha value is -1.31. The van der Waals surface area contributed by atoms with Crippen LogP contribution >= 0.6 is 0 Å². The number of sulfonamides is 1. The number of ether oxygens (including phenoxy) is 1. The molecule has 0 radical (unpaired) electrons. The average Bonchev–Trinajstić information content (AvgIpc) is 2.41. The maximum absolute atomic E-state index is 12.7. The summed E-state index contributed by atoms with van der Waals surface area (Å²) in [6, 6.07) is 3.58. The monoisotopic (exact) mass is 311 g/mol. The SMILES string of the molecule is COc1ccc(C)c2c1NC1(CCN(C)CC1)NS2(=O)=O. The fourth-order valence-corrected chi connectivity index (χ4v) is 4.89. The van der Waals surface area contributed by atoms with Gasteiger partial charge in [-0.15, -0.1) is 0 Å². The van der Waals surface area contributed by atoms with E-state index < -0.39 is 15.7 Å². The van der Waals surface area contributed by atoms with Crippen LogP contribution in [0.2, 0.25) is 0 Å². The van der Waals surface area contributed by atoms with Crippen LogP contribution in [-0.4, -0.2) is 46.2 Å². The summed E-state index contributed by atoms with van der Waals surface area (Å²) in [7, 11) is 0.0608. The topological polar surface area (TPSA) is 70.7 Å². The number of fused-ring (bicyclic) bond motifs is 1. The lowest BCUT2D eigenvalue weighted by atomic mass is 9.97. The molecule has 0 bridgehead atoms. The Morgan fingerprint density at radius 1 is 1.29 bits per heavy atom. The second-order valence-electron chi connectivity index (χ2n) is 5.90. The summed E-state index contributed by atoms with van der Waals surface area (Å²) in [5.74, 6) is 0.568. The van der Waals surface area contributed by atoms with E-state index in [2.05, 4.69) is 14.9 Å². The molecule has 21 heavy (non-hydrogen) atoms. The number of hydrogen-bond acceptors (Lipinski definition) is 5. The molecule has 2 heterocycles. The van der Waals surface area contributed by atoms with Crippen LogP contribution in [0.15, 0.2) is 17.0 Å². The van der Waals surface area contributed by atoms with Crippen molar-refractivity contribution in [2.24, 2.45) is 0 Å². The Morgan fingerprint density at radius 3 is 2.57 bits per heavy atom. The van der Waals surface area contributed by atoms with Crippen molar-refractivity contribution in [3.05, 3.63) is 17.7 Å². The van der Waals surface area contributed by atoms with Crippen molar-refractivity contribution in [2.45, 2.75) is 30.3 Å². The molecule has 2 aliphatic heterocycles. The van der Waals surface area contributed by atoms with Crippen molar-refractivity contribution in [3.63, 3.8) is 0 Å². The van der Waals surface area contributed by atoms with Crippen molar-refractivity contribution in [1.82, 2.24) is 9.62 Å².